The first kappa shape index (κ1) is 22.3. The first-order valence-corrected chi connectivity index (χ1v) is 11.5. The number of aliphatic hydroxyl groups excluding tert-OH is 1. The molecule has 3 heterocycles. The van der Waals surface area contributed by atoms with Gasteiger partial charge < -0.3 is 30.7 Å². The number of hydrogen-bond donors (Lipinski definition) is 4. The number of carbonyl (C=O) groups is 1. The Labute approximate surface area is 198 Å². The predicted molar refractivity (Wildman–Crippen MR) is 131 cm³/mol. The van der Waals surface area contributed by atoms with Gasteiger partial charge in [-0.1, -0.05) is 12.1 Å². The van der Waals surface area contributed by atoms with E-state index in [1.54, 1.807) is 6.20 Å². The molecule has 34 heavy (non-hydrogen) atoms. The minimum absolute atomic E-state index is 0.141. The average Bonchev–Trinajstić information content (AvgIpc) is 3.32. The number of aromatic nitrogens is 2. The lowest BCUT2D eigenvalue weighted by atomic mass is 10.1. The number of ether oxygens (including phenoxy) is 1. The van der Waals surface area contributed by atoms with Gasteiger partial charge in [0.05, 0.1) is 31.1 Å². The van der Waals surface area contributed by atoms with Crippen LogP contribution in [0.4, 0.5) is 23.0 Å². The molecule has 2 aliphatic heterocycles. The largest absolute Gasteiger partial charge is 0.392 e. The van der Waals surface area contributed by atoms with Gasteiger partial charge in [0.1, 0.15) is 0 Å². The summed E-state index contributed by atoms with van der Waals surface area (Å²) in [6.45, 7) is 3.77. The second kappa shape index (κ2) is 10.2. The van der Waals surface area contributed by atoms with Gasteiger partial charge in [-0.25, -0.2) is 9.97 Å². The number of rotatable bonds is 6. The number of anilines is 4. The molecule has 9 heteroatoms. The van der Waals surface area contributed by atoms with Crippen LogP contribution in [0.2, 0.25) is 0 Å². The maximum Gasteiger partial charge on any atom is 0.241 e. The fraction of sp³-hybridized carbons (Fsp3) is 0.320. The number of nitrogens with one attached hydrogen (secondary N) is 3. The average molecular weight is 461 g/mol. The van der Waals surface area contributed by atoms with E-state index in [0.717, 1.165) is 43.2 Å². The third-order valence-corrected chi connectivity index (χ3v) is 6.03. The van der Waals surface area contributed by atoms with Crippen LogP contribution in [0.25, 0.3) is 11.3 Å². The van der Waals surface area contributed by atoms with Crippen LogP contribution in [0.1, 0.15) is 6.42 Å². The lowest BCUT2D eigenvalue weighted by molar-refractivity contribution is -0.117. The summed E-state index contributed by atoms with van der Waals surface area (Å²) < 4.78 is 5.42. The van der Waals surface area contributed by atoms with Crippen molar-refractivity contribution in [2.24, 2.45) is 0 Å². The molecule has 0 bridgehead atoms. The molecular formula is C25H28N6O3. The monoisotopic (exact) mass is 460 g/mol. The van der Waals surface area contributed by atoms with Crippen LogP contribution in [-0.2, 0) is 9.53 Å². The highest BCUT2D eigenvalue weighted by atomic mass is 16.5. The summed E-state index contributed by atoms with van der Waals surface area (Å²) in [5.74, 6) is 0.373. The van der Waals surface area contributed by atoms with Gasteiger partial charge in [0.25, 0.3) is 0 Å². The smallest absolute Gasteiger partial charge is 0.241 e. The molecule has 4 N–H and O–H groups in total. The first-order valence-electron chi connectivity index (χ1n) is 11.5. The minimum atomic E-state index is -0.471. The summed E-state index contributed by atoms with van der Waals surface area (Å²) in [5, 5.41) is 18.8. The maximum absolute atomic E-state index is 12.3. The zero-order valence-corrected chi connectivity index (χ0v) is 18.8. The van der Waals surface area contributed by atoms with Crippen molar-refractivity contribution in [3.05, 3.63) is 60.8 Å². The van der Waals surface area contributed by atoms with Crippen LogP contribution in [0, 0.1) is 0 Å². The minimum Gasteiger partial charge on any atom is -0.392 e. The van der Waals surface area contributed by atoms with Crippen molar-refractivity contribution in [3.63, 3.8) is 0 Å². The fourth-order valence-electron chi connectivity index (χ4n) is 4.16. The molecule has 5 rings (SSSR count). The molecule has 2 aliphatic rings. The number of benzene rings is 2. The van der Waals surface area contributed by atoms with Gasteiger partial charge in [-0.2, -0.15) is 0 Å². The van der Waals surface area contributed by atoms with Gasteiger partial charge in [0.2, 0.25) is 11.9 Å². The molecule has 1 aromatic heterocycles. The van der Waals surface area contributed by atoms with Crippen LogP contribution in [-0.4, -0.2) is 66.0 Å². The van der Waals surface area contributed by atoms with Gasteiger partial charge in [-0.3, -0.25) is 4.79 Å². The number of morpholine rings is 1. The Kier molecular flexibility index (Phi) is 6.66. The number of nitrogens with zero attached hydrogens (tertiary/aromatic N) is 3. The number of aliphatic hydroxyl groups is 1. The third kappa shape index (κ3) is 5.33. The summed E-state index contributed by atoms with van der Waals surface area (Å²) in [7, 11) is 0. The molecule has 0 spiro atoms. The quantitative estimate of drug-likeness (QED) is 0.444. The molecule has 0 radical (unpaired) electrons. The molecule has 2 aromatic carbocycles. The van der Waals surface area contributed by atoms with Crippen molar-refractivity contribution in [2.45, 2.75) is 18.6 Å². The number of carbonyl (C=O) groups excluding carboxylic acids is 1. The van der Waals surface area contributed by atoms with E-state index in [0.29, 0.717) is 24.6 Å². The van der Waals surface area contributed by atoms with Crippen molar-refractivity contribution in [1.82, 2.24) is 15.3 Å². The van der Waals surface area contributed by atoms with Gasteiger partial charge in [0.15, 0.2) is 0 Å². The molecule has 0 aliphatic carbocycles. The topological polar surface area (TPSA) is 112 Å². The maximum atomic E-state index is 12.3. The van der Waals surface area contributed by atoms with E-state index in [9.17, 15) is 9.90 Å². The van der Waals surface area contributed by atoms with Gasteiger partial charge in [0, 0.05) is 48.5 Å². The van der Waals surface area contributed by atoms with E-state index in [4.69, 9.17) is 4.74 Å². The summed E-state index contributed by atoms with van der Waals surface area (Å²) in [5.41, 5.74) is 4.49. The van der Waals surface area contributed by atoms with Crippen molar-refractivity contribution < 1.29 is 14.6 Å². The van der Waals surface area contributed by atoms with E-state index < -0.39 is 6.10 Å². The van der Waals surface area contributed by atoms with E-state index in [-0.39, 0.29) is 11.9 Å². The Hall–Kier alpha value is -3.53. The van der Waals surface area contributed by atoms with Crippen LogP contribution >= 0.6 is 0 Å². The highest BCUT2D eigenvalue weighted by Crippen LogP contribution is 2.24. The Morgan fingerprint density at radius 2 is 1.76 bits per heavy atom. The molecule has 3 aromatic rings. The Morgan fingerprint density at radius 3 is 2.47 bits per heavy atom. The fourth-order valence-corrected chi connectivity index (χ4v) is 4.16. The Bertz CT molecular complexity index is 1120. The molecule has 2 atom stereocenters. The van der Waals surface area contributed by atoms with E-state index >= 15 is 0 Å². The normalized spacial score (nSPS) is 20.2. The molecule has 176 valence electrons. The first-order chi connectivity index (χ1) is 16.6. The highest BCUT2D eigenvalue weighted by Gasteiger charge is 2.27. The molecule has 2 fully saturated rings. The van der Waals surface area contributed by atoms with E-state index in [1.165, 1.54) is 5.69 Å². The summed E-state index contributed by atoms with van der Waals surface area (Å²) in [4.78, 5) is 23.6. The van der Waals surface area contributed by atoms with Gasteiger partial charge in [-0.15, -0.1) is 0 Å². The molecule has 9 nitrogen and oxygen atoms in total. The van der Waals surface area contributed by atoms with Crippen LogP contribution in [0.15, 0.2) is 60.8 Å². The lowest BCUT2D eigenvalue weighted by Crippen LogP contribution is -2.36. The van der Waals surface area contributed by atoms with Crippen molar-refractivity contribution in [1.29, 1.82) is 0 Å². The van der Waals surface area contributed by atoms with Crippen LogP contribution < -0.4 is 20.9 Å². The third-order valence-electron chi connectivity index (χ3n) is 6.03. The summed E-state index contributed by atoms with van der Waals surface area (Å²) in [6, 6.07) is 17.2. The number of amides is 1. The molecule has 2 saturated heterocycles. The molecule has 1 unspecified atom stereocenters. The SMILES string of the molecule is O=C(Nc1ccc(-c2ccnc(Nc3ccc(N4CCOCC4)cc3)n2)cc1)C1C[C@H](O)CN1. The lowest BCUT2D eigenvalue weighted by Gasteiger charge is -2.28. The Morgan fingerprint density at radius 1 is 1.03 bits per heavy atom. The van der Waals surface area contributed by atoms with Crippen molar-refractivity contribution in [3.8, 4) is 11.3 Å². The van der Waals surface area contributed by atoms with Crippen LogP contribution in [0.5, 0.6) is 0 Å². The summed E-state index contributed by atoms with van der Waals surface area (Å²) >= 11 is 0. The van der Waals surface area contributed by atoms with Crippen LogP contribution in [0.3, 0.4) is 0 Å². The standard InChI is InChI=1S/C25H28N6O3/c32-21-15-23(27-16-21)24(33)28-18-3-1-17(2-4-18)22-9-10-26-25(30-22)29-19-5-7-20(8-6-19)31-11-13-34-14-12-31/h1-10,21,23,27,32H,11-16H2,(H,28,33)(H,26,29,30)/t21-,23?/m0/s1. The Balaban J connectivity index is 1.22. The zero-order valence-electron chi connectivity index (χ0n) is 18.8. The van der Waals surface area contributed by atoms with E-state index in [1.807, 2.05) is 42.5 Å². The van der Waals surface area contributed by atoms with Gasteiger partial charge in [-0.05, 0) is 48.9 Å². The predicted octanol–water partition coefficient (Wildman–Crippen LogP) is 2.39. The highest BCUT2D eigenvalue weighted by molar-refractivity contribution is 5.95. The second-order valence-corrected chi connectivity index (χ2v) is 8.45. The van der Waals surface area contributed by atoms with E-state index in [2.05, 4.69) is 43.0 Å². The second-order valence-electron chi connectivity index (χ2n) is 8.45. The molecule has 1 amide bonds. The summed E-state index contributed by atoms with van der Waals surface area (Å²) in [6.07, 6.45) is 1.68. The van der Waals surface area contributed by atoms with Gasteiger partial charge >= 0.3 is 0 Å². The van der Waals surface area contributed by atoms with Crippen molar-refractivity contribution >= 4 is 28.9 Å². The number of β-amino-alcohol motifs (C(OH)–C–C–N with tert-alkyl or cyclic N) is 1. The molecular weight excluding hydrogens is 432 g/mol. The van der Waals surface area contributed by atoms with Crippen molar-refractivity contribution in [2.75, 3.05) is 48.4 Å². The number of hydrogen-bond acceptors (Lipinski definition) is 8. The zero-order chi connectivity index (χ0) is 23.3. The molecule has 0 saturated carbocycles.